The zero-order valence-corrected chi connectivity index (χ0v) is 14.3. The summed E-state index contributed by atoms with van der Waals surface area (Å²) in [6, 6.07) is 7.70. The summed E-state index contributed by atoms with van der Waals surface area (Å²) in [4.78, 5) is 14.4. The number of esters is 1. The lowest BCUT2D eigenvalue weighted by Crippen LogP contribution is -2.44. The summed E-state index contributed by atoms with van der Waals surface area (Å²) in [6.45, 7) is 7.55. The molecular formula is C18H30N2O2. The van der Waals surface area contributed by atoms with Gasteiger partial charge in [0.2, 0.25) is 0 Å². The third-order valence-corrected chi connectivity index (χ3v) is 3.82. The average molecular weight is 306 g/mol. The molecule has 0 radical (unpaired) electrons. The molecule has 0 aliphatic rings. The molecule has 4 nitrogen and oxygen atoms in total. The molecule has 1 aromatic carbocycles. The van der Waals surface area contributed by atoms with Crippen LogP contribution >= 0.6 is 0 Å². The maximum Gasteiger partial charge on any atom is 0.323 e. The van der Waals surface area contributed by atoms with E-state index < -0.39 is 0 Å². The number of anilines is 1. The van der Waals surface area contributed by atoms with Crippen LogP contribution in [-0.4, -0.2) is 37.1 Å². The zero-order chi connectivity index (χ0) is 16.5. The molecule has 0 fully saturated rings. The Bertz CT molecular complexity index is 443. The molecule has 0 heterocycles. The van der Waals surface area contributed by atoms with Gasteiger partial charge < -0.3 is 10.5 Å². The molecule has 0 aliphatic heterocycles. The minimum Gasteiger partial charge on any atom is -0.465 e. The highest BCUT2D eigenvalue weighted by molar-refractivity contribution is 5.76. The molecule has 0 amide bonds. The Hall–Kier alpha value is -1.55. The summed E-state index contributed by atoms with van der Waals surface area (Å²) in [5, 5.41) is 0. The fourth-order valence-electron chi connectivity index (χ4n) is 2.49. The largest absolute Gasteiger partial charge is 0.465 e. The number of hydrogen-bond acceptors (Lipinski definition) is 4. The molecule has 0 spiro atoms. The molecular weight excluding hydrogens is 276 g/mol. The number of nitrogen functional groups attached to an aromatic ring is 1. The highest BCUT2D eigenvalue weighted by atomic mass is 16.5. The number of carbonyl (C=O) groups excluding carboxylic acids is 1. The monoisotopic (exact) mass is 306 g/mol. The molecule has 1 atom stereocenters. The first-order valence-electron chi connectivity index (χ1n) is 8.17. The summed E-state index contributed by atoms with van der Waals surface area (Å²) in [7, 11) is 1.99. The van der Waals surface area contributed by atoms with Crippen molar-refractivity contribution in [3.8, 4) is 0 Å². The van der Waals surface area contributed by atoms with E-state index in [1.807, 2.05) is 31.3 Å². The Morgan fingerprint density at radius 3 is 2.45 bits per heavy atom. The zero-order valence-electron chi connectivity index (χ0n) is 14.3. The van der Waals surface area contributed by atoms with E-state index in [1.54, 1.807) is 0 Å². The van der Waals surface area contributed by atoms with Gasteiger partial charge in [-0.05, 0) is 43.5 Å². The van der Waals surface area contributed by atoms with Crippen LogP contribution in [0.2, 0.25) is 0 Å². The van der Waals surface area contributed by atoms with Crippen LogP contribution in [-0.2, 0) is 16.0 Å². The van der Waals surface area contributed by atoms with Crippen LogP contribution in [0.1, 0.15) is 39.2 Å². The fourth-order valence-corrected chi connectivity index (χ4v) is 2.49. The van der Waals surface area contributed by atoms with Gasteiger partial charge in [0.1, 0.15) is 6.04 Å². The predicted octanol–water partition coefficient (Wildman–Crippen LogP) is 3.11. The van der Waals surface area contributed by atoms with Crippen molar-refractivity contribution in [2.45, 2.75) is 46.1 Å². The van der Waals surface area contributed by atoms with Crippen LogP contribution in [0.3, 0.4) is 0 Å². The van der Waals surface area contributed by atoms with Crippen molar-refractivity contribution in [1.82, 2.24) is 4.90 Å². The van der Waals surface area contributed by atoms with Crippen molar-refractivity contribution in [2.24, 2.45) is 5.92 Å². The second kappa shape index (κ2) is 9.46. The van der Waals surface area contributed by atoms with Gasteiger partial charge in [-0.15, -0.1) is 0 Å². The van der Waals surface area contributed by atoms with E-state index in [4.69, 9.17) is 10.5 Å². The molecule has 4 heteroatoms. The molecule has 0 aromatic heterocycles. The topological polar surface area (TPSA) is 55.6 Å². The van der Waals surface area contributed by atoms with Crippen molar-refractivity contribution in [1.29, 1.82) is 0 Å². The van der Waals surface area contributed by atoms with E-state index in [2.05, 4.69) is 25.7 Å². The quantitative estimate of drug-likeness (QED) is 0.433. The number of benzene rings is 1. The summed E-state index contributed by atoms with van der Waals surface area (Å²) in [5.74, 6) is 0.119. The van der Waals surface area contributed by atoms with Crippen LogP contribution in [0.5, 0.6) is 0 Å². The Balaban J connectivity index is 2.55. The molecule has 1 aromatic rings. The first-order valence-corrected chi connectivity index (χ1v) is 8.17. The molecule has 0 unspecified atom stereocenters. The van der Waals surface area contributed by atoms with Gasteiger partial charge >= 0.3 is 5.97 Å². The summed E-state index contributed by atoms with van der Waals surface area (Å²) >= 11 is 0. The number of hydrogen-bond donors (Lipinski definition) is 1. The Morgan fingerprint density at radius 2 is 1.91 bits per heavy atom. The first kappa shape index (κ1) is 18.5. The molecule has 0 bridgehead atoms. The van der Waals surface area contributed by atoms with Crippen molar-refractivity contribution in [3.63, 3.8) is 0 Å². The minimum atomic E-state index is -0.189. The number of carbonyl (C=O) groups is 1. The smallest absolute Gasteiger partial charge is 0.323 e. The van der Waals surface area contributed by atoms with Crippen LogP contribution < -0.4 is 5.73 Å². The number of ether oxygens (including phenoxy) is 1. The maximum absolute atomic E-state index is 12.3. The lowest BCUT2D eigenvalue weighted by Gasteiger charge is -2.29. The van der Waals surface area contributed by atoms with E-state index in [1.165, 1.54) is 5.56 Å². The van der Waals surface area contributed by atoms with Crippen molar-refractivity contribution in [3.05, 3.63) is 29.8 Å². The number of likely N-dealkylation sites (N-methyl/N-ethyl adjacent to an activating group) is 1. The van der Waals surface area contributed by atoms with Crippen LogP contribution in [0, 0.1) is 5.92 Å². The van der Waals surface area contributed by atoms with Gasteiger partial charge in [0.15, 0.2) is 0 Å². The number of nitrogens with zero attached hydrogens (tertiary/aromatic N) is 1. The Labute approximate surface area is 134 Å². The summed E-state index contributed by atoms with van der Waals surface area (Å²) in [6.07, 6.45) is 2.85. The van der Waals surface area contributed by atoms with E-state index >= 15 is 0 Å². The van der Waals surface area contributed by atoms with Gasteiger partial charge in [-0.25, -0.2) is 0 Å². The minimum absolute atomic E-state index is 0.108. The number of unbranched alkanes of at least 4 members (excludes halogenated alkanes) is 1. The average Bonchev–Trinajstić information content (AvgIpc) is 2.46. The Morgan fingerprint density at radius 1 is 1.27 bits per heavy atom. The molecule has 0 aliphatic carbocycles. The lowest BCUT2D eigenvalue weighted by molar-refractivity contribution is -0.151. The standard InChI is InChI=1S/C18H30N2O2/c1-5-6-13-22-18(21)17(14(2)3)20(4)12-11-15-7-9-16(19)10-8-15/h7-10,14,17H,5-6,11-13,19H2,1-4H3/t17-/m0/s1. The van der Waals surface area contributed by atoms with E-state index in [0.29, 0.717) is 6.61 Å². The maximum atomic E-state index is 12.3. The normalized spacial score (nSPS) is 12.6. The van der Waals surface area contributed by atoms with Gasteiger partial charge in [0.25, 0.3) is 0 Å². The second-order valence-electron chi connectivity index (χ2n) is 6.18. The molecule has 124 valence electrons. The predicted molar refractivity (Wildman–Crippen MR) is 91.7 cm³/mol. The second-order valence-corrected chi connectivity index (χ2v) is 6.18. The molecule has 0 saturated heterocycles. The van der Waals surface area contributed by atoms with Gasteiger partial charge in [-0.2, -0.15) is 0 Å². The third-order valence-electron chi connectivity index (χ3n) is 3.82. The molecule has 2 N–H and O–H groups in total. The Kier molecular flexibility index (Phi) is 7.96. The lowest BCUT2D eigenvalue weighted by atomic mass is 10.0. The van der Waals surface area contributed by atoms with E-state index in [0.717, 1.165) is 31.5 Å². The van der Waals surface area contributed by atoms with Crippen LogP contribution in [0.15, 0.2) is 24.3 Å². The molecule has 1 rings (SSSR count). The van der Waals surface area contributed by atoms with E-state index in [-0.39, 0.29) is 17.9 Å². The highest BCUT2D eigenvalue weighted by Crippen LogP contribution is 2.13. The van der Waals surface area contributed by atoms with Gasteiger partial charge in [0, 0.05) is 12.2 Å². The number of nitrogens with two attached hydrogens (primary N) is 1. The van der Waals surface area contributed by atoms with Crippen molar-refractivity contribution in [2.75, 3.05) is 25.9 Å². The SMILES string of the molecule is CCCCOC(=O)[C@H](C(C)C)N(C)CCc1ccc(N)cc1. The summed E-state index contributed by atoms with van der Waals surface area (Å²) in [5.41, 5.74) is 7.70. The third kappa shape index (κ3) is 6.06. The van der Waals surface area contributed by atoms with E-state index in [9.17, 15) is 4.79 Å². The first-order chi connectivity index (χ1) is 10.5. The fraction of sp³-hybridized carbons (Fsp3) is 0.611. The molecule has 0 saturated carbocycles. The van der Waals surface area contributed by atoms with Crippen molar-refractivity contribution < 1.29 is 9.53 Å². The summed E-state index contributed by atoms with van der Waals surface area (Å²) < 4.78 is 5.40. The van der Waals surface area contributed by atoms with Crippen LogP contribution in [0.4, 0.5) is 5.69 Å². The highest BCUT2D eigenvalue weighted by Gasteiger charge is 2.27. The van der Waals surface area contributed by atoms with Gasteiger partial charge in [-0.3, -0.25) is 9.69 Å². The van der Waals surface area contributed by atoms with Crippen molar-refractivity contribution >= 4 is 11.7 Å². The number of rotatable bonds is 9. The molecule has 22 heavy (non-hydrogen) atoms. The van der Waals surface area contributed by atoms with Crippen LogP contribution in [0.25, 0.3) is 0 Å². The van der Waals surface area contributed by atoms with Gasteiger partial charge in [0.05, 0.1) is 6.61 Å². The van der Waals surface area contributed by atoms with Gasteiger partial charge in [-0.1, -0.05) is 39.3 Å².